The number of ether oxygens (including phenoxy) is 1. The fraction of sp³-hybridized carbons (Fsp3) is 0.333. The molecular weight excluding hydrogens is 314 g/mol. The lowest BCUT2D eigenvalue weighted by Gasteiger charge is -2.08. The minimum absolute atomic E-state index is 0.0389. The number of benzene rings is 2. The van der Waals surface area contributed by atoms with Gasteiger partial charge >= 0.3 is 5.97 Å². The molecule has 25 heavy (non-hydrogen) atoms. The second kappa shape index (κ2) is 9.02. The molecule has 0 bridgehead atoms. The van der Waals surface area contributed by atoms with Crippen LogP contribution in [0.5, 0.6) is 0 Å². The average molecular weight is 339 g/mol. The molecule has 0 atom stereocenters. The first-order valence-electron chi connectivity index (χ1n) is 8.52. The normalized spacial score (nSPS) is 10.4. The van der Waals surface area contributed by atoms with Gasteiger partial charge in [-0.15, -0.1) is 0 Å². The summed E-state index contributed by atoms with van der Waals surface area (Å²) in [6.45, 7) is 6.41. The minimum Gasteiger partial charge on any atom is -0.460 e. The predicted octanol–water partition coefficient (Wildman–Crippen LogP) is 3.52. The van der Waals surface area contributed by atoms with E-state index in [2.05, 4.69) is 5.32 Å². The van der Waals surface area contributed by atoms with Crippen LogP contribution >= 0.6 is 0 Å². The molecule has 1 amide bonds. The van der Waals surface area contributed by atoms with Crippen LogP contribution < -0.4 is 5.32 Å². The molecule has 2 rings (SSSR count). The van der Waals surface area contributed by atoms with Crippen LogP contribution in [-0.2, 0) is 16.0 Å². The number of carbonyl (C=O) groups excluding carboxylic acids is 2. The molecule has 4 heteroatoms. The molecule has 132 valence electrons. The molecular formula is C21H25NO3. The maximum atomic E-state index is 12.0. The van der Waals surface area contributed by atoms with E-state index in [0.717, 1.165) is 16.7 Å². The third-order valence-corrected chi connectivity index (χ3v) is 3.88. The van der Waals surface area contributed by atoms with Gasteiger partial charge < -0.3 is 10.1 Å². The first kappa shape index (κ1) is 18.7. The topological polar surface area (TPSA) is 55.4 Å². The lowest BCUT2D eigenvalue weighted by atomic mass is 10.1. The first-order chi connectivity index (χ1) is 11.9. The van der Waals surface area contributed by atoms with Crippen molar-refractivity contribution in [3.05, 3.63) is 70.3 Å². The molecule has 0 unspecified atom stereocenters. The van der Waals surface area contributed by atoms with Crippen molar-refractivity contribution < 1.29 is 14.3 Å². The Morgan fingerprint density at radius 3 is 2.20 bits per heavy atom. The Balaban J connectivity index is 1.67. The minimum atomic E-state index is -0.360. The van der Waals surface area contributed by atoms with Crippen LogP contribution in [0.1, 0.15) is 39.0 Å². The van der Waals surface area contributed by atoms with Gasteiger partial charge in [0.2, 0.25) is 5.91 Å². The molecule has 0 aliphatic rings. The van der Waals surface area contributed by atoms with Gasteiger partial charge in [-0.05, 0) is 44.9 Å². The van der Waals surface area contributed by atoms with E-state index in [1.54, 1.807) is 12.1 Å². The summed E-state index contributed by atoms with van der Waals surface area (Å²) >= 11 is 0. The fourth-order valence-electron chi connectivity index (χ4n) is 2.61. The summed E-state index contributed by atoms with van der Waals surface area (Å²) in [5.41, 5.74) is 4.94. The van der Waals surface area contributed by atoms with E-state index in [1.807, 2.05) is 51.1 Å². The number of amides is 1. The summed E-state index contributed by atoms with van der Waals surface area (Å²) in [7, 11) is 0. The molecule has 0 aromatic heterocycles. The van der Waals surface area contributed by atoms with Gasteiger partial charge in [0.1, 0.15) is 6.61 Å². The maximum absolute atomic E-state index is 12.0. The van der Waals surface area contributed by atoms with E-state index in [-0.39, 0.29) is 18.5 Å². The SMILES string of the molecule is Cc1ccc(CCC(=O)NCCOC(=O)c2cc(C)cc(C)c2)cc1. The molecule has 4 nitrogen and oxygen atoms in total. The monoisotopic (exact) mass is 339 g/mol. The van der Waals surface area contributed by atoms with Crippen LogP contribution in [0.15, 0.2) is 42.5 Å². The number of rotatable bonds is 7. The van der Waals surface area contributed by atoms with Crippen molar-refractivity contribution in [3.63, 3.8) is 0 Å². The zero-order valence-corrected chi connectivity index (χ0v) is 15.1. The Morgan fingerprint density at radius 1 is 0.920 bits per heavy atom. The van der Waals surface area contributed by atoms with Gasteiger partial charge in [-0.3, -0.25) is 4.79 Å². The summed E-state index contributed by atoms with van der Waals surface area (Å²) in [4.78, 5) is 23.8. The number of carbonyl (C=O) groups is 2. The number of nitrogens with one attached hydrogen (secondary N) is 1. The van der Waals surface area contributed by atoms with E-state index in [1.165, 1.54) is 5.56 Å². The van der Waals surface area contributed by atoms with Crippen molar-refractivity contribution in [2.24, 2.45) is 0 Å². The highest BCUT2D eigenvalue weighted by Gasteiger charge is 2.08. The highest BCUT2D eigenvalue weighted by molar-refractivity contribution is 5.89. The van der Waals surface area contributed by atoms with Crippen molar-refractivity contribution in [2.75, 3.05) is 13.2 Å². The summed E-state index contributed by atoms with van der Waals surface area (Å²) in [6, 6.07) is 13.8. The fourth-order valence-corrected chi connectivity index (χ4v) is 2.61. The Bertz CT molecular complexity index is 715. The smallest absolute Gasteiger partial charge is 0.338 e. The van der Waals surface area contributed by atoms with Gasteiger partial charge in [0.15, 0.2) is 0 Å². The van der Waals surface area contributed by atoms with Gasteiger partial charge in [-0.2, -0.15) is 0 Å². The first-order valence-corrected chi connectivity index (χ1v) is 8.52. The lowest BCUT2D eigenvalue weighted by molar-refractivity contribution is -0.121. The largest absolute Gasteiger partial charge is 0.460 e. The molecule has 0 aliphatic carbocycles. The Hall–Kier alpha value is -2.62. The molecule has 1 N–H and O–H groups in total. The van der Waals surface area contributed by atoms with Crippen LogP contribution in [0.3, 0.4) is 0 Å². The van der Waals surface area contributed by atoms with Crippen molar-refractivity contribution >= 4 is 11.9 Å². The molecule has 2 aromatic carbocycles. The Morgan fingerprint density at radius 2 is 1.56 bits per heavy atom. The zero-order valence-electron chi connectivity index (χ0n) is 15.1. The standard InChI is InChI=1S/C21H25NO3/c1-15-4-6-18(7-5-15)8-9-20(23)22-10-11-25-21(24)19-13-16(2)12-17(3)14-19/h4-7,12-14H,8-11H2,1-3H3,(H,22,23). The molecule has 0 radical (unpaired) electrons. The molecule has 0 spiro atoms. The molecule has 0 aliphatic heterocycles. The number of aryl methyl sites for hydroxylation is 4. The van der Waals surface area contributed by atoms with Crippen LogP contribution in [0.2, 0.25) is 0 Å². The van der Waals surface area contributed by atoms with E-state index in [4.69, 9.17) is 4.74 Å². The predicted molar refractivity (Wildman–Crippen MR) is 98.7 cm³/mol. The van der Waals surface area contributed by atoms with Crippen LogP contribution in [0.25, 0.3) is 0 Å². The average Bonchev–Trinajstić information content (AvgIpc) is 2.57. The summed E-state index contributed by atoms with van der Waals surface area (Å²) in [5.74, 6) is -0.399. The Kier molecular flexibility index (Phi) is 6.75. The second-order valence-corrected chi connectivity index (χ2v) is 6.35. The number of esters is 1. The Labute approximate surface area is 149 Å². The van der Waals surface area contributed by atoms with E-state index in [9.17, 15) is 9.59 Å². The molecule has 0 heterocycles. The van der Waals surface area contributed by atoms with Crippen molar-refractivity contribution in [1.82, 2.24) is 5.32 Å². The highest BCUT2D eigenvalue weighted by Crippen LogP contribution is 2.10. The van der Waals surface area contributed by atoms with Crippen molar-refractivity contribution in [3.8, 4) is 0 Å². The quantitative estimate of drug-likeness (QED) is 0.620. The summed E-state index contributed by atoms with van der Waals surface area (Å²) < 4.78 is 5.21. The summed E-state index contributed by atoms with van der Waals surface area (Å²) in [5, 5.41) is 2.78. The van der Waals surface area contributed by atoms with Crippen molar-refractivity contribution in [1.29, 1.82) is 0 Å². The third-order valence-electron chi connectivity index (χ3n) is 3.88. The summed E-state index contributed by atoms with van der Waals surface area (Å²) in [6.07, 6.45) is 1.13. The van der Waals surface area contributed by atoms with Gasteiger partial charge in [-0.25, -0.2) is 4.79 Å². The molecule has 0 saturated heterocycles. The van der Waals surface area contributed by atoms with E-state index < -0.39 is 0 Å². The third kappa shape index (κ3) is 6.42. The zero-order chi connectivity index (χ0) is 18.2. The van der Waals surface area contributed by atoms with Gasteiger partial charge in [0.05, 0.1) is 12.1 Å². The number of hydrogen-bond donors (Lipinski definition) is 1. The number of hydrogen-bond acceptors (Lipinski definition) is 3. The molecule has 0 fully saturated rings. The lowest BCUT2D eigenvalue weighted by Crippen LogP contribution is -2.28. The van der Waals surface area contributed by atoms with E-state index in [0.29, 0.717) is 24.9 Å². The second-order valence-electron chi connectivity index (χ2n) is 6.35. The van der Waals surface area contributed by atoms with Crippen molar-refractivity contribution in [2.45, 2.75) is 33.6 Å². The molecule has 2 aromatic rings. The van der Waals surface area contributed by atoms with E-state index >= 15 is 0 Å². The van der Waals surface area contributed by atoms with Crippen LogP contribution in [0.4, 0.5) is 0 Å². The van der Waals surface area contributed by atoms with Crippen LogP contribution in [-0.4, -0.2) is 25.0 Å². The van der Waals surface area contributed by atoms with Gasteiger partial charge in [-0.1, -0.05) is 47.0 Å². The van der Waals surface area contributed by atoms with Gasteiger partial charge in [0.25, 0.3) is 0 Å². The maximum Gasteiger partial charge on any atom is 0.338 e. The van der Waals surface area contributed by atoms with Crippen LogP contribution in [0, 0.1) is 20.8 Å². The highest BCUT2D eigenvalue weighted by atomic mass is 16.5. The molecule has 0 saturated carbocycles. The van der Waals surface area contributed by atoms with Gasteiger partial charge in [0, 0.05) is 6.42 Å².